The van der Waals surface area contributed by atoms with Gasteiger partial charge in [0.05, 0.1) is 6.54 Å². The van der Waals surface area contributed by atoms with Crippen molar-refractivity contribution in [1.82, 2.24) is 9.55 Å². The molecule has 4 nitrogen and oxygen atoms in total. The summed E-state index contributed by atoms with van der Waals surface area (Å²) < 4.78 is 7.96. The quantitative estimate of drug-likeness (QED) is 0.622. The maximum atomic E-state index is 13.1. The lowest BCUT2D eigenvalue weighted by Gasteiger charge is -2.26. The Morgan fingerprint density at radius 2 is 1.67 bits per heavy atom. The predicted octanol–water partition coefficient (Wildman–Crippen LogP) is 4.17. The third-order valence-electron chi connectivity index (χ3n) is 5.21. The number of benzene rings is 2. The number of nitrogens with zero attached hydrogens (tertiary/aromatic N) is 2. The molecule has 1 atom stereocenters. The number of rotatable bonds is 5. The minimum Gasteiger partial charge on any atom is -0.459 e. The number of hydrogen-bond acceptors (Lipinski definition) is 3. The number of carbonyl (C=O) groups excluding carboxylic acids is 1. The first-order valence-electron chi connectivity index (χ1n) is 9.06. The van der Waals surface area contributed by atoms with Gasteiger partial charge in [-0.25, -0.2) is 4.98 Å². The molecule has 0 radical (unpaired) electrons. The smallest absolute Gasteiger partial charge is 0.321 e. The number of carbonyl (C=O) groups is 1. The molecule has 1 unspecified atom stereocenters. The van der Waals surface area contributed by atoms with Crippen molar-refractivity contribution in [3.8, 4) is 0 Å². The van der Waals surface area contributed by atoms with Gasteiger partial charge in [0.1, 0.15) is 17.3 Å². The summed E-state index contributed by atoms with van der Waals surface area (Å²) in [4.78, 5) is 17.5. The fourth-order valence-electron chi connectivity index (χ4n) is 3.94. The molecule has 1 fully saturated rings. The van der Waals surface area contributed by atoms with Gasteiger partial charge >= 0.3 is 5.97 Å². The summed E-state index contributed by atoms with van der Waals surface area (Å²) in [5, 5.41) is 0. The number of halogens is 1. The van der Waals surface area contributed by atoms with Crippen LogP contribution < -0.4 is 0 Å². The number of aryl methyl sites for hydroxylation is 1. The van der Waals surface area contributed by atoms with Crippen molar-refractivity contribution in [1.29, 1.82) is 0 Å². The van der Waals surface area contributed by atoms with Crippen molar-refractivity contribution in [3.05, 3.63) is 90.0 Å². The SMILES string of the molecule is CCc1nccn1CC1CC(c2ccccc2)(c2ccccc2)C(=O)O1.Cl. The molecule has 4 rings (SSSR count). The highest BCUT2D eigenvalue weighted by Gasteiger charge is 2.51. The van der Waals surface area contributed by atoms with E-state index in [1.807, 2.05) is 66.9 Å². The number of aromatic nitrogens is 2. The van der Waals surface area contributed by atoms with Crippen molar-refractivity contribution in [2.45, 2.75) is 37.8 Å². The van der Waals surface area contributed by atoms with Crippen molar-refractivity contribution in [2.75, 3.05) is 0 Å². The van der Waals surface area contributed by atoms with Crippen LogP contribution in [-0.4, -0.2) is 21.6 Å². The van der Waals surface area contributed by atoms with E-state index in [0.717, 1.165) is 23.4 Å². The zero-order valence-electron chi connectivity index (χ0n) is 15.2. The van der Waals surface area contributed by atoms with E-state index in [1.165, 1.54) is 0 Å². The molecule has 1 aliphatic rings. The Bertz CT molecular complexity index is 853. The Morgan fingerprint density at radius 3 is 2.22 bits per heavy atom. The van der Waals surface area contributed by atoms with E-state index in [9.17, 15) is 4.79 Å². The topological polar surface area (TPSA) is 44.1 Å². The van der Waals surface area contributed by atoms with Crippen molar-refractivity contribution >= 4 is 18.4 Å². The molecule has 1 saturated heterocycles. The second kappa shape index (κ2) is 7.97. The minimum absolute atomic E-state index is 0. The molecule has 1 aromatic heterocycles. The molecule has 0 saturated carbocycles. The Hall–Kier alpha value is -2.59. The molecule has 140 valence electrons. The maximum Gasteiger partial charge on any atom is 0.321 e. The lowest BCUT2D eigenvalue weighted by Crippen LogP contribution is -2.33. The molecule has 2 heterocycles. The van der Waals surface area contributed by atoms with Gasteiger partial charge in [0.25, 0.3) is 0 Å². The van der Waals surface area contributed by atoms with Crippen molar-refractivity contribution in [2.24, 2.45) is 0 Å². The molecule has 0 aliphatic carbocycles. The first-order chi connectivity index (χ1) is 12.7. The average molecular weight is 383 g/mol. The fourth-order valence-corrected chi connectivity index (χ4v) is 3.94. The van der Waals surface area contributed by atoms with Crippen LogP contribution >= 0.6 is 12.4 Å². The van der Waals surface area contributed by atoms with E-state index in [-0.39, 0.29) is 24.5 Å². The molecule has 0 bridgehead atoms. The number of cyclic esters (lactones) is 1. The van der Waals surface area contributed by atoms with E-state index in [4.69, 9.17) is 4.74 Å². The maximum absolute atomic E-state index is 13.1. The van der Waals surface area contributed by atoms with Gasteiger partial charge < -0.3 is 9.30 Å². The van der Waals surface area contributed by atoms with Crippen LogP contribution in [0.3, 0.4) is 0 Å². The normalized spacial score (nSPS) is 18.0. The van der Waals surface area contributed by atoms with Crippen molar-refractivity contribution < 1.29 is 9.53 Å². The second-order valence-electron chi connectivity index (χ2n) is 6.72. The molecule has 0 amide bonds. The van der Waals surface area contributed by atoms with Crippen LogP contribution in [-0.2, 0) is 27.9 Å². The largest absolute Gasteiger partial charge is 0.459 e. The molecule has 3 aromatic rings. The van der Waals surface area contributed by atoms with Gasteiger partial charge in [0.2, 0.25) is 0 Å². The Labute approximate surface area is 165 Å². The zero-order valence-corrected chi connectivity index (χ0v) is 16.1. The zero-order chi connectivity index (χ0) is 18.0. The summed E-state index contributed by atoms with van der Waals surface area (Å²) >= 11 is 0. The molecule has 1 aliphatic heterocycles. The summed E-state index contributed by atoms with van der Waals surface area (Å²) in [6.45, 7) is 2.72. The summed E-state index contributed by atoms with van der Waals surface area (Å²) in [5.74, 6) is 0.844. The van der Waals surface area contributed by atoms with Crippen molar-refractivity contribution in [3.63, 3.8) is 0 Å². The number of hydrogen-bond donors (Lipinski definition) is 0. The Balaban J connectivity index is 0.00000210. The Morgan fingerprint density at radius 1 is 1.07 bits per heavy atom. The standard InChI is InChI=1S/C22H22N2O2.ClH/c1-2-20-23-13-14-24(20)16-19-15-22(21(25)26-19,17-9-5-3-6-10-17)18-11-7-4-8-12-18;/h3-14,19H,2,15-16H2,1H3;1H. The third kappa shape index (κ3) is 3.37. The number of imidazole rings is 1. The van der Waals surface area contributed by atoms with Crippen LogP contribution in [0.5, 0.6) is 0 Å². The minimum atomic E-state index is -0.750. The van der Waals surface area contributed by atoms with Crippen LogP contribution in [0.25, 0.3) is 0 Å². The highest BCUT2D eigenvalue weighted by molar-refractivity contribution is 5.89. The van der Waals surface area contributed by atoms with Gasteiger partial charge in [-0.1, -0.05) is 67.6 Å². The van der Waals surface area contributed by atoms with Crippen LogP contribution in [0.4, 0.5) is 0 Å². The van der Waals surface area contributed by atoms with Gasteiger partial charge in [0, 0.05) is 25.2 Å². The first kappa shape index (κ1) is 19.2. The van der Waals surface area contributed by atoms with Gasteiger partial charge in [-0.15, -0.1) is 12.4 Å². The lowest BCUT2D eigenvalue weighted by molar-refractivity contribution is -0.145. The molecule has 2 aromatic carbocycles. The highest BCUT2D eigenvalue weighted by Crippen LogP contribution is 2.43. The van der Waals surface area contributed by atoms with E-state index >= 15 is 0 Å². The summed E-state index contributed by atoms with van der Waals surface area (Å²) in [5.41, 5.74) is 1.22. The molecular weight excluding hydrogens is 360 g/mol. The molecule has 0 N–H and O–H groups in total. The fraction of sp³-hybridized carbons (Fsp3) is 0.273. The first-order valence-corrected chi connectivity index (χ1v) is 9.06. The highest BCUT2D eigenvalue weighted by atomic mass is 35.5. The van der Waals surface area contributed by atoms with Gasteiger partial charge in [0.15, 0.2) is 0 Å². The van der Waals surface area contributed by atoms with E-state index < -0.39 is 5.41 Å². The van der Waals surface area contributed by atoms with Crippen LogP contribution in [0.2, 0.25) is 0 Å². The lowest BCUT2D eigenvalue weighted by atomic mass is 9.72. The predicted molar refractivity (Wildman–Crippen MR) is 107 cm³/mol. The van der Waals surface area contributed by atoms with Gasteiger partial charge in [-0.2, -0.15) is 0 Å². The summed E-state index contributed by atoms with van der Waals surface area (Å²) in [7, 11) is 0. The van der Waals surface area contributed by atoms with Gasteiger partial charge in [-0.05, 0) is 11.1 Å². The average Bonchev–Trinajstić information content (AvgIpc) is 3.27. The monoisotopic (exact) mass is 382 g/mol. The Kier molecular flexibility index (Phi) is 5.66. The number of ether oxygens (including phenoxy) is 1. The van der Waals surface area contributed by atoms with E-state index in [1.54, 1.807) is 6.20 Å². The second-order valence-corrected chi connectivity index (χ2v) is 6.72. The summed E-state index contributed by atoms with van der Waals surface area (Å²) in [6, 6.07) is 19.9. The summed E-state index contributed by atoms with van der Waals surface area (Å²) in [6.07, 6.45) is 5.06. The molecular formula is C22H23ClN2O2. The third-order valence-corrected chi connectivity index (χ3v) is 5.21. The molecule has 5 heteroatoms. The molecule has 0 spiro atoms. The van der Waals surface area contributed by atoms with Gasteiger partial charge in [-0.3, -0.25) is 4.79 Å². The number of esters is 1. The van der Waals surface area contributed by atoms with E-state index in [0.29, 0.717) is 13.0 Å². The molecule has 27 heavy (non-hydrogen) atoms. The van der Waals surface area contributed by atoms with E-state index in [2.05, 4.69) is 16.5 Å². The van der Waals surface area contributed by atoms with Crippen LogP contribution in [0.15, 0.2) is 73.1 Å². The van der Waals surface area contributed by atoms with Crippen LogP contribution in [0, 0.1) is 0 Å². The van der Waals surface area contributed by atoms with Crippen LogP contribution in [0.1, 0.15) is 30.3 Å².